The fourth-order valence-electron chi connectivity index (χ4n) is 3.52. The Morgan fingerprint density at radius 2 is 1.53 bits per heavy atom. The molecule has 1 aliphatic heterocycles. The van der Waals surface area contributed by atoms with Gasteiger partial charge in [0.25, 0.3) is 0 Å². The van der Waals surface area contributed by atoms with Crippen molar-refractivity contribution in [2.24, 2.45) is 0 Å². The summed E-state index contributed by atoms with van der Waals surface area (Å²) in [6.07, 6.45) is 3.67. The van der Waals surface area contributed by atoms with Crippen molar-refractivity contribution in [2.45, 2.75) is 16.3 Å². The van der Waals surface area contributed by atoms with E-state index < -0.39 is 0 Å². The molecule has 5 nitrogen and oxygen atoms in total. The zero-order valence-corrected chi connectivity index (χ0v) is 17.7. The average molecular weight is 419 g/mol. The maximum absolute atomic E-state index is 12.7. The quantitative estimate of drug-likeness (QED) is 0.629. The van der Waals surface area contributed by atoms with E-state index in [-0.39, 0.29) is 5.91 Å². The first-order chi connectivity index (χ1) is 14.8. The molecule has 0 bridgehead atoms. The lowest BCUT2D eigenvalue weighted by atomic mass is 10.2. The predicted molar refractivity (Wildman–Crippen MR) is 122 cm³/mol. The van der Waals surface area contributed by atoms with E-state index in [1.54, 1.807) is 11.8 Å². The van der Waals surface area contributed by atoms with E-state index in [0.717, 1.165) is 48.2 Å². The molecule has 1 aliphatic rings. The molecule has 1 amide bonds. The Balaban J connectivity index is 1.27. The van der Waals surface area contributed by atoms with Crippen LogP contribution in [0.4, 0.5) is 5.69 Å². The number of rotatable bonds is 7. The molecule has 0 atom stereocenters. The van der Waals surface area contributed by atoms with Crippen LogP contribution in [-0.4, -0.2) is 53.4 Å². The third-order valence-electron chi connectivity index (χ3n) is 5.12. The molecule has 1 fully saturated rings. The lowest BCUT2D eigenvalue weighted by Gasteiger charge is -2.34. The highest BCUT2D eigenvalue weighted by atomic mass is 32.2. The molecule has 4 rings (SSSR count). The molecule has 0 saturated carbocycles. The Morgan fingerprint density at radius 1 is 0.867 bits per heavy atom. The monoisotopic (exact) mass is 418 g/mol. The zero-order valence-electron chi connectivity index (χ0n) is 16.9. The van der Waals surface area contributed by atoms with Gasteiger partial charge in [0.1, 0.15) is 0 Å². The van der Waals surface area contributed by atoms with Crippen LogP contribution in [0.15, 0.2) is 88.9 Å². The van der Waals surface area contributed by atoms with E-state index >= 15 is 0 Å². The maximum Gasteiger partial charge on any atom is 0.238 e. The third-order valence-corrected chi connectivity index (χ3v) is 6.20. The zero-order chi connectivity index (χ0) is 20.6. The largest absolute Gasteiger partial charge is 0.324 e. The molecule has 0 radical (unpaired) electrons. The number of carbonyl (C=O) groups is 1. The van der Waals surface area contributed by atoms with Crippen molar-refractivity contribution in [2.75, 3.05) is 38.0 Å². The highest BCUT2D eigenvalue weighted by Crippen LogP contribution is 2.33. The Morgan fingerprint density at radius 3 is 2.30 bits per heavy atom. The van der Waals surface area contributed by atoms with Crippen LogP contribution in [0.3, 0.4) is 0 Å². The minimum Gasteiger partial charge on any atom is -0.324 e. The van der Waals surface area contributed by atoms with Crippen molar-refractivity contribution in [3.05, 3.63) is 84.7 Å². The van der Waals surface area contributed by atoms with E-state index in [4.69, 9.17) is 0 Å². The summed E-state index contributed by atoms with van der Waals surface area (Å²) in [5.74, 6) is 0.0405. The smallest absolute Gasteiger partial charge is 0.238 e. The number of anilines is 1. The maximum atomic E-state index is 12.7. The van der Waals surface area contributed by atoms with Crippen LogP contribution in [0.25, 0.3) is 0 Å². The predicted octanol–water partition coefficient (Wildman–Crippen LogP) is 3.99. The van der Waals surface area contributed by atoms with Gasteiger partial charge in [-0.1, -0.05) is 42.1 Å². The number of piperazine rings is 1. The highest BCUT2D eigenvalue weighted by molar-refractivity contribution is 7.99. The first-order valence-corrected chi connectivity index (χ1v) is 11.0. The van der Waals surface area contributed by atoms with E-state index in [0.29, 0.717) is 6.54 Å². The second-order valence-electron chi connectivity index (χ2n) is 7.37. The summed E-state index contributed by atoms with van der Waals surface area (Å²) in [7, 11) is 0. The Kier molecular flexibility index (Phi) is 7.13. The van der Waals surface area contributed by atoms with Crippen molar-refractivity contribution >= 4 is 23.4 Å². The molecule has 1 saturated heterocycles. The van der Waals surface area contributed by atoms with E-state index in [9.17, 15) is 4.79 Å². The third kappa shape index (κ3) is 5.92. The molecule has 3 aromatic rings. The summed E-state index contributed by atoms with van der Waals surface area (Å²) in [6.45, 7) is 5.10. The van der Waals surface area contributed by atoms with E-state index in [2.05, 4.69) is 44.4 Å². The van der Waals surface area contributed by atoms with Gasteiger partial charge in [-0.25, -0.2) is 0 Å². The van der Waals surface area contributed by atoms with E-state index in [1.807, 2.05) is 54.9 Å². The number of benzene rings is 2. The Bertz CT molecular complexity index is 944. The second kappa shape index (κ2) is 10.4. The SMILES string of the molecule is O=C(CN1CCN(Cc2ccncc2)CC1)Nc1ccccc1Sc1ccccc1. The van der Waals surface area contributed by atoms with Crippen molar-refractivity contribution in [3.63, 3.8) is 0 Å². The minimum absolute atomic E-state index is 0.0405. The molecule has 1 aromatic heterocycles. The van der Waals surface area contributed by atoms with Gasteiger partial charge in [-0.3, -0.25) is 19.6 Å². The summed E-state index contributed by atoms with van der Waals surface area (Å²) in [5.41, 5.74) is 2.15. The topological polar surface area (TPSA) is 48.5 Å². The van der Waals surface area contributed by atoms with Crippen LogP contribution in [-0.2, 0) is 11.3 Å². The Hall–Kier alpha value is -2.67. The van der Waals surface area contributed by atoms with Gasteiger partial charge in [-0.15, -0.1) is 0 Å². The summed E-state index contributed by atoms with van der Waals surface area (Å²) in [5, 5.41) is 3.11. The van der Waals surface area contributed by atoms with Gasteiger partial charge < -0.3 is 5.32 Å². The van der Waals surface area contributed by atoms with Gasteiger partial charge in [-0.05, 0) is 42.0 Å². The van der Waals surface area contributed by atoms with Gasteiger partial charge in [0.15, 0.2) is 0 Å². The summed E-state index contributed by atoms with van der Waals surface area (Å²) < 4.78 is 0. The van der Waals surface area contributed by atoms with Gasteiger partial charge in [-0.2, -0.15) is 0 Å². The van der Waals surface area contributed by atoms with Gasteiger partial charge >= 0.3 is 0 Å². The number of aromatic nitrogens is 1. The normalized spacial score (nSPS) is 15.1. The Labute approximate surface area is 182 Å². The van der Waals surface area contributed by atoms with Crippen molar-refractivity contribution in [1.82, 2.24) is 14.8 Å². The molecule has 2 heterocycles. The molecular weight excluding hydrogens is 392 g/mol. The van der Waals surface area contributed by atoms with Crippen LogP contribution in [0.1, 0.15) is 5.56 Å². The van der Waals surface area contributed by atoms with Gasteiger partial charge in [0.05, 0.1) is 12.2 Å². The number of hydrogen-bond acceptors (Lipinski definition) is 5. The molecule has 154 valence electrons. The number of carbonyl (C=O) groups excluding carboxylic acids is 1. The number of nitrogens with zero attached hydrogens (tertiary/aromatic N) is 3. The number of para-hydroxylation sites is 1. The molecule has 0 unspecified atom stereocenters. The summed E-state index contributed by atoms with van der Waals surface area (Å²) in [4.78, 5) is 23.6. The lowest BCUT2D eigenvalue weighted by molar-refractivity contribution is -0.117. The van der Waals surface area contributed by atoms with Gasteiger partial charge in [0.2, 0.25) is 5.91 Å². The van der Waals surface area contributed by atoms with Crippen molar-refractivity contribution in [1.29, 1.82) is 0 Å². The highest BCUT2D eigenvalue weighted by Gasteiger charge is 2.19. The first kappa shape index (κ1) is 20.6. The fraction of sp³-hybridized carbons (Fsp3) is 0.250. The number of amides is 1. The van der Waals surface area contributed by atoms with Crippen LogP contribution in [0.2, 0.25) is 0 Å². The van der Waals surface area contributed by atoms with Crippen molar-refractivity contribution < 1.29 is 4.79 Å². The molecule has 0 aliphatic carbocycles. The standard InChI is InChI=1S/C24H26N4OS/c29-24(19-28-16-14-27(15-17-28)18-20-10-12-25-13-11-20)26-22-8-4-5-9-23(22)30-21-6-2-1-3-7-21/h1-13H,14-19H2,(H,26,29). The lowest BCUT2D eigenvalue weighted by Crippen LogP contribution is -2.48. The summed E-state index contributed by atoms with van der Waals surface area (Å²) >= 11 is 1.66. The second-order valence-corrected chi connectivity index (χ2v) is 8.48. The number of pyridine rings is 1. The van der Waals surface area contributed by atoms with Crippen molar-refractivity contribution in [3.8, 4) is 0 Å². The summed E-state index contributed by atoms with van der Waals surface area (Å²) in [6, 6.07) is 22.3. The number of nitrogens with one attached hydrogen (secondary N) is 1. The average Bonchev–Trinajstić information content (AvgIpc) is 2.78. The van der Waals surface area contributed by atoms with Crippen LogP contribution in [0.5, 0.6) is 0 Å². The van der Waals surface area contributed by atoms with Crippen LogP contribution >= 0.6 is 11.8 Å². The number of hydrogen-bond donors (Lipinski definition) is 1. The first-order valence-electron chi connectivity index (χ1n) is 10.2. The fourth-order valence-corrected chi connectivity index (χ4v) is 4.44. The van der Waals surface area contributed by atoms with Crippen LogP contribution in [0, 0.1) is 0 Å². The van der Waals surface area contributed by atoms with E-state index in [1.165, 1.54) is 5.56 Å². The molecule has 30 heavy (non-hydrogen) atoms. The minimum atomic E-state index is 0.0405. The van der Waals surface area contributed by atoms with Gasteiger partial charge in [0, 0.05) is 54.9 Å². The molecule has 1 N–H and O–H groups in total. The van der Waals surface area contributed by atoms with Crippen LogP contribution < -0.4 is 5.32 Å². The molecular formula is C24H26N4OS. The molecule has 0 spiro atoms. The molecule has 2 aromatic carbocycles. The molecule has 6 heteroatoms.